The van der Waals surface area contributed by atoms with Crippen molar-refractivity contribution in [3.05, 3.63) is 35.9 Å². The maximum absolute atomic E-state index is 12.0. The second-order valence-electron chi connectivity index (χ2n) is 5.75. The molecule has 3 heteroatoms. The van der Waals surface area contributed by atoms with Crippen LogP contribution in [0.25, 0.3) is 0 Å². The molecule has 0 aliphatic carbocycles. The van der Waals surface area contributed by atoms with Crippen LogP contribution in [0.15, 0.2) is 30.3 Å². The zero-order valence-electron chi connectivity index (χ0n) is 11.7. The topological polar surface area (TPSA) is 55.1 Å². The number of nitrogens with two attached hydrogens (primary N) is 1. The standard InChI is InChI=1S/C15H24N2O/c1-11(2)15(3,4)10-17-14(18)13(16)12-8-6-5-7-9-12/h5-9,11,13H,10,16H2,1-4H3,(H,17,18)/t13-/m1/s1. The molecule has 3 N–H and O–H groups in total. The van der Waals surface area contributed by atoms with Gasteiger partial charge in [-0.15, -0.1) is 0 Å². The van der Waals surface area contributed by atoms with E-state index < -0.39 is 6.04 Å². The fourth-order valence-corrected chi connectivity index (χ4v) is 1.44. The summed E-state index contributed by atoms with van der Waals surface area (Å²) in [5, 5.41) is 2.94. The van der Waals surface area contributed by atoms with Crippen molar-refractivity contribution in [2.75, 3.05) is 6.54 Å². The van der Waals surface area contributed by atoms with Gasteiger partial charge in [-0.1, -0.05) is 58.0 Å². The minimum absolute atomic E-state index is 0.0755. The van der Waals surface area contributed by atoms with Crippen LogP contribution in [0.2, 0.25) is 0 Å². The molecule has 3 nitrogen and oxygen atoms in total. The lowest BCUT2D eigenvalue weighted by atomic mass is 9.81. The minimum Gasteiger partial charge on any atom is -0.354 e. The zero-order valence-corrected chi connectivity index (χ0v) is 11.7. The quantitative estimate of drug-likeness (QED) is 0.841. The van der Waals surface area contributed by atoms with Gasteiger partial charge in [0.25, 0.3) is 0 Å². The number of rotatable bonds is 5. The van der Waals surface area contributed by atoms with Gasteiger partial charge < -0.3 is 11.1 Å². The summed E-state index contributed by atoms with van der Waals surface area (Å²) < 4.78 is 0. The largest absolute Gasteiger partial charge is 0.354 e. The number of carbonyl (C=O) groups is 1. The molecule has 0 saturated heterocycles. The van der Waals surface area contributed by atoms with E-state index in [0.717, 1.165) is 5.56 Å². The zero-order chi connectivity index (χ0) is 13.8. The lowest BCUT2D eigenvalue weighted by Gasteiger charge is -2.29. The van der Waals surface area contributed by atoms with Gasteiger partial charge in [-0.3, -0.25) is 4.79 Å². The van der Waals surface area contributed by atoms with E-state index in [1.165, 1.54) is 0 Å². The molecule has 1 amide bonds. The highest BCUT2D eigenvalue weighted by Crippen LogP contribution is 2.24. The Hall–Kier alpha value is -1.35. The highest BCUT2D eigenvalue weighted by atomic mass is 16.2. The molecule has 0 aromatic heterocycles. The van der Waals surface area contributed by atoms with Crippen molar-refractivity contribution in [3.63, 3.8) is 0 Å². The molecule has 1 atom stereocenters. The van der Waals surface area contributed by atoms with E-state index in [-0.39, 0.29) is 11.3 Å². The summed E-state index contributed by atoms with van der Waals surface area (Å²) in [7, 11) is 0. The summed E-state index contributed by atoms with van der Waals surface area (Å²) in [6.45, 7) is 9.24. The molecular weight excluding hydrogens is 224 g/mol. The molecule has 0 saturated carbocycles. The summed E-state index contributed by atoms with van der Waals surface area (Å²) in [6.07, 6.45) is 0. The Labute approximate surface area is 110 Å². The number of hydrogen-bond donors (Lipinski definition) is 2. The van der Waals surface area contributed by atoms with E-state index in [2.05, 4.69) is 33.0 Å². The molecule has 0 fully saturated rings. The van der Waals surface area contributed by atoms with Gasteiger partial charge in [0.1, 0.15) is 6.04 Å². The Bertz CT molecular complexity index is 385. The number of benzene rings is 1. The van der Waals surface area contributed by atoms with Crippen LogP contribution < -0.4 is 11.1 Å². The number of nitrogens with one attached hydrogen (secondary N) is 1. The first-order valence-corrected chi connectivity index (χ1v) is 6.43. The molecule has 0 bridgehead atoms. The number of amides is 1. The summed E-state index contributed by atoms with van der Waals surface area (Å²) in [5.41, 5.74) is 6.85. The Morgan fingerprint density at radius 1 is 1.28 bits per heavy atom. The third kappa shape index (κ3) is 3.84. The molecule has 100 valence electrons. The van der Waals surface area contributed by atoms with E-state index in [1.54, 1.807) is 0 Å². The maximum atomic E-state index is 12.0. The van der Waals surface area contributed by atoms with Gasteiger partial charge in [-0.2, -0.15) is 0 Å². The van der Waals surface area contributed by atoms with Crippen molar-refractivity contribution in [1.82, 2.24) is 5.32 Å². The first kappa shape index (κ1) is 14.7. The first-order valence-electron chi connectivity index (χ1n) is 6.43. The Morgan fingerprint density at radius 3 is 2.33 bits per heavy atom. The molecular formula is C15H24N2O. The molecule has 1 aromatic carbocycles. The second-order valence-corrected chi connectivity index (χ2v) is 5.75. The lowest BCUT2D eigenvalue weighted by molar-refractivity contribution is -0.123. The molecule has 1 rings (SSSR count). The SMILES string of the molecule is CC(C)C(C)(C)CNC(=O)[C@H](N)c1ccccc1. The summed E-state index contributed by atoms with van der Waals surface area (Å²) in [6, 6.07) is 8.85. The van der Waals surface area contributed by atoms with E-state index in [0.29, 0.717) is 12.5 Å². The molecule has 0 radical (unpaired) electrons. The van der Waals surface area contributed by atoms with Crippen LogP contribution in [0.4, 0.5) is 0 Å². The minimum atomic E-state index is -0.589. The fourth-order valence-electron chi connectivity index (χ4n) is 1.44. The number of hydrogen-bond acceptors (Lipinski definition) is 2. The molecule has 0 aliphatic rings. The molecule has 1 aromatic rings. The van der Waals surface area contributed by atoms with Crippen LogP contribution in [0.5, 0.6) is 0 Å². The monoisotopic (exact) mass is 248 g/mol. The third-order valence-corrected chi connectivity index (χ3v) is 3.72. The first-order chi connectivity index (χ1) is 8.34. The predicted octanol–water partition coefficient (Wildman–Crippen LogP) is 2.48. The normalized spacial score (nSPS) is 13.4. The molecule has 0 unspecified atom stereocenters. The van der Waals surface area contributed by atoms with Gasteiger partial charge in [0.2, 0.25) is 5.91 Å². The van der Waals surface area contributed by atoms with Gasteiger partial charge >= 0.3 is 0 Å². The smallest absolute Gasteiger partial charge is 0.241 e. The van der Waals surface area contributed by atoms with Crippen LogP contribution in [-0.4, -0.2) is 12.5 Å². The van der Waals surface area contributed by atoms with Crippen LogP contribution in [0, 0.1) is 11.3 Å². The Balaban J connectivity index is 2.57. The summed E-state index contributed by atoms with van der Waals surface area (Å²) in [5.74, 6) is 0.390. The second kappa shape index (κ2) is 6.01. The van der Waals surface area contributed by atoms with Gasteiger partial charge in [0, 0.05) is 6.54 Å². The highest BCUT2D eigenvalue weighted by molar-refractivity contribution is 5.82. The van der Waals surface area contributed by atoms with E-state index in [9.17, 15) is 4.79 Å². The van der Waals surface area contributed by atoms with Gasteiger partial charge in [-0.25, -0.2) is 0 Å². The summed E-state index contributed by atoms with van der Waals surface area (Å²) >= 11 is 0. The van der Waals surface area contributed by atoms with Crippen molar-refractivity contribution >= 4 is 5.91 Å². The van der Waals surface area contributed by atoms with E-state index >= 15 is 0 Å². The van der Waals surface area contributed by atoms with Crippen LogP contribution in [-0.2, 0) is 4.79 Å². The van der Waals surface area contributed by atoms with Crippen LogP contribution in [0.1, 0.15) is 39.3 Å². The van der Waals surface area contributed by atoms with Crippen molar-refractivity contribution in [1.29, 1.82) is 0 Å². The van der Waals surface area contributed by atoms with Crippen LogP contribution in [0.3, 0.4) is 0 Å². The summed E-state index contributed by atoms with van der Waals surface area (Å²) in [4.78, 5) is 12.0. The maximum Gasteiger partial charge on any atom is 0.241 e. The fraction of sp³-hybridized carbons (Fsp3) is 0.533. The van der Waals surface area contributed by atoms with E-state index in [1.807, 2.05) is 30.3 Å². The average molecular weight is 248 g/mol. The van der Waals surface area contributed by atoms with Crippen LogP contribution >= 0.6 is 0 Å². The van der Waals surface area contributed by atoms with Crippen molar-refractivity contribution in [2.45, 2.75) is 33.7 Å². The van der Waals surface area contributed by atoms with E-state index in [4.69, 9.17) is 5.73 Å². The van der Waals surface area contributed by atoms with Gasteiger partial charge in [0.15, 0.2) is 0 Å². The Morgan fingerprint density at radius 2 is 1.83 bits per heavy atom. The molecule has 0 spiro atoms. The van der Waals surface area contributed by atoms with Crippen molar-refractivity contribution < 1.29 is 4.79 Å². The van der Waals surface area contributed by atoms with Crippen molar-refractivity contribution in [2.24, 2.45) is 17.1 Å². The molecule has 0 heterocycles. The van der Waals surface area contributed by atoms with Crippen molar-refractivity contribution in [3.8, 4) is 0 Å². The third-order valence-electron chi connectivity index (χ3n) is 3.72. The molecule has 0 aliphatic heterocycles. The Kier molecular flexibility index (Phi) is 4.91. The highest BCUT2D eigenvalue weighted by Gasteiger charge is 2.24. The predicted molar refractivity (Wildman–Crippen MR) is 75.0 cm³/mol. The number of carbonyl (C=O) groups excluding carboxylic acids is 1. The lowest BCUT2D eigenvalue weighted by Crippen LogP contribution is -2.41. The van der Waals surface area contributed by atoms with Gasteiger partial charge in [-0.05, 0) is 16.9 Å². The molecule has 18 heavy (non-hydrogen) atoms. The van der Waals surface area contributed by atoms with Gasteiger partial charge in [0.05, 0.1) is 0 Å². The average Bonchev–Trinajstić information content (AvgIpc) is 2.36.